The Labute approximate surface area is 92.9 Å². The van der Waals surface area contributed by atoms with Gasteiger partial charge in [-0.05, 0) is 12.5 Å². The van der Waals surface area contributed by atoms with Crippen molar-refractivity contribution in [2.24, 2.45) is 0 Å². The Kier molecular flexibility index (Phi) is 3.00. The van der Waals surface area contributed by atoms with Crippen LogP contribution in [0.15, 0.2) is 12.3 Å². The largest absolute Gasteiger partial charge is 0.478 e. The van der Waals surface area contributed by atoms with Gasteiger partial charge in [0.05, 0.1) is 18.8 Å². The van der Waals surface area contributed by atoms with Crippen molar-refractivity contribution in [2.75, 3.05) is 25.2 Å². The zero-order valence-electron chi connectivity index (χ0n) is 8.96. The van der Waals surface area contributed by atoms with Crippen LogP contribution in [-0.4, -0.2) is 47.6 Å². The molecule has 0 radical (unpaired) electrons. The zero-order valence-corrected chi connectivity index (χ0v) is 8.96. The van der Waals surface area contributed by atoms with E-state index in [-0.39, 0.29) is 11.6 Å². The predicted octanol–water partition coefficient (Wildman–Crippen LogP) is 0.400. The lowest BCUT2D eigenvalue weighted by molar-refractivity contribution is 0.0697. The molecule has 1 aliphatic rings. The van der Waals surface area contributed by atoms with Gasteiger partial charge < -0.3 is 14.7 Å². The van der Waals surface area contributed by atoms with Gasteiger partial charge in [-0.15, -0.1) is 5.10 Å². The highest BCUT2D eigenvalue weighted by Crippen LogP contribution is 2.20. The van der Waals surface area contributed by atoms with Gasteiger partial charge in [0.2, 0.25) is 0 Å². The van der Waals surface area contributed by atoms with E-state index in [9.17, 15) is 4.79 Å². The Morgan fingerprint density at radius 3 is 3.12 bits per heavy atom. The van der Waals surface area contributed by atoms with Gasteiger partial charge in [0.1, 0.15) is 5.56 Å². The number of carboxylic acid groups (broad SMARTS) is 1. The molecule has 1 N–H and O–H groups in total. The van der Waals surface area contributed by atoms with Crippen LogP contribution in [0.3, 0.4) is 0 Å². The molecule has 0 saturated carbocycles. The second-order valence-corrected chi connectivity index (χ2v) is 3.70. The monoisotopic (exact) mass is 223 g/mol. The third-order valence-electron chi connectivity index (χ3n) is 2.72. The summed E-state index contributed by atoms with van der Waals surface area (Å²) in [6.07, 6.45) is 2.26. The molecule has 0 amide bonds. The quantitative estimate of drug-likeness (QED) is 0.799. The van der Waals surface area contributed by atoms with E-state index in [1.54, 1.807) is 0 Å². The number of anilines is 1. The topological polar surface area (TPSA) is 75.6 Å². The molecule has 0 aromatic carbocycles. The number of aromatic nitrogens is 2. The van der Waals surface area contributed by atoms with Crippen molar-refractivity contribution in [3.05, 3.63) is 17.8 Å². The van der Waals surface area contributed by atoms with Crippen LogP contribution >= 0.6 is 0 Å². The number of rotatable bonds is 3. The number of carbonyl (C=O) groups is 1. The van der Waals surface area contributed by atoms with E-state index in [1.807, 2.05) is 11.9 Å². The van der Waals surface area contributed by atoms with Crippen molar-refractivity contribution in [3.8, 4) is 0 Å². The van der Waals surface area contributed by atoms with Crippen molar-refractivity contribution < 1.29 is 14.6 Å². The summed E-state index contributed by atoms with van der Waals surface area (Å²) >= 11 is 0. The fourth-order valence-corrected chi connectivity index (χ4v) is 1.75. The molecule has 86 valence electrons. The first-order valence-electron chi connectivity index (χ1n) is 5.05. The summed E-state index contributed by atoms with van der Waals surface area (Å²) in [6, 6.07) is 1.63. The van der Waals surface area contributed by atoms with Gasteiger partial charge in [-0.2, -0.15) is 5.10 Å². The molecule has 1 fully saturated rings. The molecule has 0 bridgehead atoms. The molecule has 6 heteroatoms. The molecule has 2 rings (SSSR count). The van der Waals surface area contributed by atoms with Crippen molar-refractivity contribution in [2.45, 2.75) is 12.5 Å². The molecule has 1 aliphatic heterocycles. The molecule has 0 aliphatic carbocycles. The molecule has 0 spiro atoms. The van der Waals surface area contributed by atoms with Crippen molar-refractivity contribution >= 4 is 11.8 Å². The Morgan fingerprint density at radius 1 is 1.69 bits per heavy atom. The maximum Gasteiger partial charge on any atom is 0.339 e. The minimum Gasteiger partial charge on any atom is -0.478 e. The summed E-state index contributed by atoms with van der Waals surface area (Å²) in [7, 11) is 1.82. The fraction of sp³-hybridized carbons (Fsp3) is 0.500. The number of nitrogens with zero attached hydrogens (tertiary/aromatic N) is 3. The van der Waals surface area contributed by atoms with E-state index in [2.05, 4.69) is 10.2 Å². The first kappa shape index (κ1) is 10.8. The van der Waals surface area contributed by atoms with Gasteiger partial charge in [-0.1, -0.05) is 0 Å². The molecule has 1 aromatic heterocycles. The minimum atomic E-state index is -0.990. The van der Waals surface area contributed by atoms with Gasteiger partial charge in [0, 0.05) is 13.7 Å². The van der Waals surface area contributed by atoms with Crippen LogP contribution in [0.5, 0.6) is 0 Å². The van der Waals surface area contributed by atoms with Crippen LogP contribution in [0.2, 0.25) is 0 Å². The van der Waals surface area contributed by atoms with Gasteiger partial charge in [-0.25, -0.2) is 4.79 Å². The Balaban J connectivity index is 2.27. The van der Waals surface area contributed by atoms with Gasteiger partial charge >= 0.3 is 5.97 Å². The summed E-state index contributed by atoms with van der Waals surface area (Å²) in [5.41, 5.74) is 0.171. The minimum absolute atomic E-state index is 0.171. The highest BCUT2D eigenvalue weighted by Gasteiger charge is 2.25. The summed E-state index contributed by atoms with van der Waals surface area (Å²) in [5, 5.41) is 16.6. The highest BCUT2D eigenvalue weighted by molar-refractivity contribution is 5.93. The molecule has 16 heavy (non-hydrogen) atoms. The molecule has 1 atom stereocenters. The average Bonchev–Trinajstić information content (AvgIpc) is 2.81. The van der Waals surface area contributed by atoms with Gasteiger partial charge in [0.25, 0.3) is 0 Å². The Hall–Kier alpha value is -1.69. The number of hydrogen-bond donors (Lipinski definition) is 1. The predicted molar refractivity (Wildman–Crippen MR) is 56.6 cm³/mol. The number of hydrogen-bond acceptors (Lipinski definition) is 5. The average molecular weight is 223 g/mol. The Morgan fingerprint density at radius 2 is 2.50 bits per heavy atom. The SMILES string of the molecule is CN(c1nnccc1C(=O)O)C1CCOC1. The molecule has 1 saturated heterocycles. The molecule has 6 nitrogen and oxygen atoms in total. The second kappa shape index (κ2) is 4.44. The summed E-state index contributed by atoms with van der Waals surface area (Å²) < 4.78 is 5.26. The fourth-order valence-electron chi connectivity index (χ4n) is 1.75. The van der Waals surface area contributed by atoms with E-state index in [0.717, 1.165) is 6.42 Å². The van der Waals surface area contributed by atoms with E-state index in [1.165, 1.54) is 12.3 Å². The lowest BCUT2D eigenvalue weighted by Crippen LogP contribution is -2.33. The van der Waals surface area contributed by atoms with Crippen LogP contribution < -0.4 is 4.90 Å². The van der Waals surface area contributed by atoms with Crippen LogP contribution in [0.25, 0.3) is 0 Å². The second-order valence-electron chi connectivity index (χ2n) is 3.70. The smallest absolute Gasteiger partial charge is 0.339 e. The summed E-state index contributed by atoms with van der Waals surface area (Å²) in [5.74, 6) is -0.596. The third kappa shape index (κ3) is 1.96. The first-order chi connectivity index (χ1) is 7.70. The van der Waals surface area contributed by atoms with Crippen LogP contribution in [0, 0.1) is 0 Å². The van der Waals surface area contributed by atoms with E-state index < -0.39 is 5.97 Å². The van der Waals surface area contributed by atoms with Crippen LogP contribution in [-0.2, 0) is 4.74 Å². The molecule has 1 aromatic rings. The first-order valence-corrected chi connectivity index (χ1v) is 5.05. The number of ether oxygens (including phenoxy) is 1. The third-order valence-corrected chi connectivity index (χ3v) is 2.72. The van der Waals surface area contributed by atoms with E-state index in [0.29, 0.717) is 19.0 Å². The molecular formula is C10H13N3O3. The summed E-state index contributed by atoms with van der Waals surface area (Å²) in [6.45, 7) is 1.31. The van der Waals surface area contributed by atoms with Crippen LogP contribution in [0.1, 0.15) is 16.8 Å². The highest BCUT2D eigenvalue weighted by atomic mass is 16.5. The molecular weight excluding hydrogens is 210 g/mol. The van der Waals surface area contributed by atoms with Crippen LogP contribution in [0.4, 0.5) is 5.82 Å². The molecule has 1 unspecified atom stereocenters. The zero-order chi connectivity index (χ0) is 11.5. The number of likely N-dealkylation sites (N-methyl/N-ethyl adjacent to an activating group) is 1. The van der Waals surface area contributed by atoms with Crippen molar-refractivity contribution in [3.63, 3.8) is 0 Å². The number of carboxylic acids is 1. The van der Waals surface area contributed by atoms with Gasteiger partial charge in [0.15, 0.2) is 5.82 Å². The van der Waals surface area contributed by atoms with E-state index in [4.69, 9.17) is 9.84 Å². The van der Waals surface area contributed by atoms with Gasteiger partial charge in [-0.3, -0.25) is 0 Å². The maximum absolute atomic E-state index is 11.0. The normalized spacial score (nSPS) is 19.7. The molecule has 2 heterocycles. The van der Waals surface area contributed by atoms with Crippen molar-refractivity contribution in [1.29, 1.82) is 0 Å². The maximum atomic E-state index is 11.0. The number of aromatic carboxylic acids is 1. The summed E-state index contributed by atoms with van der Waals surface area (Å²) in [4.78, 5) is 12.8. The van der Waals surface area contributed by atoms with Crippen molar-refractivity contribution in [1.82, 2.24) is 10.2 Å². The lowest BCUT2D eigenvalue weighted by Gasteiger charge is -2.24. The lowest BCUT2D eigenvalue weighted by atomic mass is 10.2. The van der Waals surface area contributed by atoms with E-state index >= 15 is 0 Å². The Bertz CT molecular complexity index is 391. The standard InChI is InChI=1S/C10H13N3O3/c1-13(7-3-5-16-6-7)9-8(10(14)15)2-4-11-12-9/h2,4,7H,3,5-6H2,1H3,(H,14,15).